The fraction of sp³-hybridized carbons (Fsp3) is 0.667. The molecule has 48 heavy (non-hydrogen) atoms. The van der Waals surface area contributed by atoms with E-state index in [-0.39, 0.29) is 24.8 Å². The van der Waals surface area contributed by atoms with Gasteiger partial charge in [0.1, 0.15) is 18.1 Å². The number of likely N-dealkylation sites (tertiary alicyclic amines) is 1. The molecule has 0 bridgehead atoms. The van der Waals surface area contributed by atoms with Crippen LogP contribution in [-0.4, -0.2) is 77.5 Å². The van der Waals surface area contributed by atoms with Gasteiger partial charge in [-0.1, -0.05) is 85.8 Å². The highest BCUT2D eigenvalue weighted by Crippen LogP contribution is 2.39. The number of hydrogen-bond donors (Lipinski definition) is 4. The zero-order valence-electron chi connectivity index (χ0n) is 29.5. The summed E-state index contributed by atoms with van der Waals surface area (Å²) in [7, 11) is 0. The van der Waals surface area contributed by atoms with Crippen molar-refractivity contribution in [2.75, 3.05) is 13.1 Å². The van der Waals surface area contributed by atoms with Crippen molar-refractivity contribution in [1.29, 1.82) is 0 Å². The number of ketones is 1. The first-order chi connectivity index (χ1) is 22.6. The van der Waals surface area contributed by atoms with Crippen molar-refractivity contribution >= 4 is 46.7 Å². The quantitative estimate of drug-likeness (QED) is 0.161. The van der Waals surface area contributed by atoms with Crippen molar-refractivity contribution in [3.63, 3.8) is 0 Å². The lowest BCUT2D eigenvalue weighted by Crippen LogP contribution is -2.63. The van der Waals surface area contributed by atoms with Crippen LogP contribution >= 0.6 is 11.3 Å². The minimum absolute atomic E-state index is 0.0133. The number of Topliss-reactive ketones (excluding diaryl/α,β-unsaturated/α-hetero) is 1. The fourth-order valence-electron chi connectivity index (χ4n) is 6.75. The Labute approximate surface area is 289 Å². The van der Waals surface area contributed by atoms with Gasteiger partial charge in [0.25, 0.3) is 11.8 Å². The topological polar surface area (TPSA) is 154 Å². The Balaban J connectivity index is 1.85. The van der Waals surface area contributed by atoms with Gasteiger partial charge in [0.05, 0.1) is 10.9 Å². The van der Waals surface area contributed by atoms with Crippen molar-refractivity contribution in [2.24, 2.45) is 16.7 Å². The van der Waals surface area contributed by atoms with Gasteiger partial charge in [0.2, 0.25) is 23.5 Å². The van der Waals surface area contributed by atoms with Gasteiger partial charge >= 0.3 is 0 Å². The van der Waals surface area contributed by atoms with Crippen molar-refractivity contribution in [2.45, 2.75) is 123 Å². The van der Waals surface area contributed by atoms with E-state index in [1.165, 1.54) is 22.3 Å². The van der Waals surface area contributed by atoms with Gasteiger partial charge in [-0.05, 0) is 53.9 Å². The van der Waals surface area contributed by atoms with E-state index < -0.39 is 64.4 Å². The summed E-state index contributed by atoms with van der Waals surface area (Å²) < 4.78 is 0. The molecule has 1 aliphatic carbocycles. The van der Waals surface area contributed by atoms with Crippen molar-refractivity contribution in [1.82, 2.24) is 26.2 Å². The summed E-state index contributed by atoms with van der Waals surface area (Å²) in [5.41, 5.74) is -1.23. The molecule has 2 fully saturated rings. The zero-order chi connectivity index (χ0) is 35.6. The Kier molecular flexibility index (Phi) is 14.0. The van der Waals surface area contributed by atoms with E-state index in [2.05, 4.69) is 27.8 Å². The normalized spacial score (nSPS) is 20.9. The van der Waals surface area contributed by atoms with E-state index in [1.807, 2.05) is 46.9 Å². The van der Waals surface area contributed by atoms with Crippen LogP contribution < -0.4 is 21.3 Å². The van der Waals surface area contributed by atoms with Crippen LogP contribution in [0.1, 0.15) is 109 Å². The minimum Gasteiger partial charge on any atom is -0.346 e. The number of carbonyl (C=O) groups excluding carboxylic acids is 6. The molecule has 0 aromatic carbocycles. The van der Waals surface area contributed by atoms with E-state index in [4.69, 9.17) is 0 Å². The number of carbonyl (C=O) groups is 6. The SMILES string of the molecule is C=CCNC(=O)C(=O)C(CCCC)NC(=O)[C@@H]1C[C@@H](C)CN1C(=O)[C@@H](NC(=O)[C@@H](NC(=O)c1cccs1)C1(C)CCCCC1)C(C)(C)C. The van der Waals surface area contributed by atoms with E-state index in [0.29, 0.717) is 24.3 Å². The van der Waals surface area contributed by atoms with E-state index in [1.54, 1.807) is 12.1 Å². The lowest BCUT2D eigenvalue weighted by atomic mass is 9.70. The zero-order valence-corrected chi connectivity index (χ0v) is 30.3. The second-order valence-corrected chi connectivity index (χ2v) is 15.8. The van der Waals surface area contributed by atoms with Crippen LogP contribution in [0, 0.1) is 16.7 Å². The summed E-state index contributed by atoms with van der Waals surface area (Å²) in [6.07, 6.45) is 7.98. The van der Waals surface area contributed by atoms with Crippen LogP contribution in [0.5, 0.6) is 0 Å². The molecule has 2 aliphatic rings. The molecular formula is C36H55N5O6S. The number of unbranched alkanes of at least 4 members (excludes halogenated alkanes) is 1. The molecule has 266 valence electrons. The maximum Gasteiger partial charge on any atom is 0.289 e. The van der Waals surface area contributed by atoms with Crippen LogP contribution in [0.15, 0.2) is 30.2 Å². The van der Waals surface area contributed by atoms with E-state index in [0.717, 1.165) is 38.5 Å². The monoisotopic (exact) mass is 685 g/mol. The fourth-order valence-corrected chi connectivity index (χ4v) is 7.37. The summed E-state index contributed by atoms with van der Waals surface area (Å²) in [5, 5.41) is 13.1. The molecule has 1 saturated carbocycles. The molecule has 0 spiro atoms. The maximum absolute atomic E-state index is 14.4. The number of hydrogen-bond acceptors (Lipinski definition) is 7. The third-order valence-corrected chi connectivity index (χ3v) is 10.4. The predicted molar refractivity (Wildman–Crippen MR) is 187 cm³/mol. The molecule has 0 radical (unpaired) electrons. The van der Waals surface area contributed by atoms with Crippen molar-refractivity contribution < 1.29 is 28.8 Å². The molecule has 1 aromatic rings. The molecule has 5 amide bonds. The van der Waals surface area contributed by atoms with Gasteiger partial charge in [-0.3, -0.25) is 28.8 Å². The standard InChI is InChI=1S/C36H55N5O6S/c1-8-10-15-24(27(42)32(45)37-19-9-2)38-30(43)25-21-23(3)22-41(25)34(47)29(35(4,5)6)40-33(46)28(36(7)17-12-11-13-18-36)39-31(44)26-16-14-20-48-26/h9,14,16,20,23-25,28-29H,2,8,10-13,15,17-19,21-22H2,1,3-7H3,(H,37,45)(H,38,43)(H,39,44)(H,40,46)/t23-,24?,25+,28-,29-/m1/s1. The third kappa shape index (κ3) is 9.99. The molecule has 4 N–H and O–H groups in total. The highest BCUT2D eigenvalue weighted by atomic mass is 32.1. The second-order valence-electron chi connectivity index (χ2n) is 14.8. The van der Waals surface area contributed by atoms with Crippen LogP contribution in [0.3, 0.4) is 0 Å². The lowest BCUT2D eigenvalue weighted by Gasteiger charge is -2.42. The first-order valence-corrected chi connectivity index (χ1v) is 18.2. The van der Waals surface area contributed by atoms with Gasteiger partial charge in [-0.25, -0.2) is 0 Å². The number of rotatable bonds is 15. The Morgan fingerprint density at radius 3 is 2.35 bits per heavy atom. The summed E-state index contributed by atoms with van der Waals surface area (Å²) in [4.78, 5) is 83.1. The Morgan fingerprint density at radius 2 is 1.77 bits per heavy atom. The van der Waals surface area contributed by atoms with Gasteiger partial charge in [0, 0.05) is 13.1 Å². The van der Waals surface area contributed by atoms with E-state index >= 15 is 0 Å². The van der Waals surface area contributed by atoms with Crippen LogP contribution in [0.25, 0.3) is 0 Å². The Bertz CT molecular complexity index is 1320. The molecule has 1 aromatic heterocycles. The van der Waals surface area contributed by atoms with Crippen LogP contribution in [0.2, 0.25) is 0 Å². The van der Waals surface area contributed by atoms with Crippen molar-refractivity contribution in [3.05, 3.63) is 35.0 Å². The highest BCUT2D eigenvalue weighted by Gasteiger charge is 2.47. The number of amides is 5. The minimum atomic E-state index is -1.03. The highest BCUT2D eigenvalue weighted by molar-refractivity contribution is 7.12. The predicted octanol–water partition coefficient (Wildman–Crippen LogP) is 4.13. The molecule has 2 heterocycles. The molecule has 12 heteroatoms. The van der Waals surface area contributed by atoms with E-state index in [9.17, 15) is 28.8 Å². The third-order valence-electron chi connectivity index (χ3n) is 9.58. The van der Waals surface area contributed by atoms with Gasteiger partial charge in [-0.2, -0.15) is 0 Å². The summed E-state index contributed by atoms with van der Waals surface area (Å²) >= 11 is 1.30. The number of nitrogens with zero attached hydrogens (tertiary/aromatic N) is 1. The molecule has 3 rings (SSSR count). The summed E-state index contributed by atoms with van der Waals surface area (Å²) in [6, 6.07) is -0.271. The lowest BCUT2D eigenvalue weighted by molar-refractivity contribution is -0.145. The first-order valence-electron chi connectivity index (χ1n) is 17.3. The number of nitrogens with one attached hydrogen (secondary N) is 4. The summed E-state index contributed by atoms with van der Waals surface area (Å²) in [6.45, 7) is 15.5. The van der Waals surface area contributed by atoms with Gasteiger partial charge < -0.3 is 26.2 Å². The second kappa shape index (κ2) is 17.2. The smallest absolute Gasteiger partial charge is 0.289 e. The molecular weight excluding hydrogens is 630 g/mol. The summed E-state index contributed by atoms with van der Waals surface area (Å²) in [5.74, 6) is -3.22. The molecule has 1 aliphatic heterocycles. The first kappa shape index (κ1) is 38.9. The largest absolute Gasteiger partial charge is 0.346 e. The average Bonchev–Trinajstić information content (AvgIpc) is 3.72. The van der Waals surface area contributed by atoms with Crippen LogP contribution in [-0.2, 0) is 24.0 Å². The van der Waals surface area contributed by atoms with Gasteiger partial charge in [0.15, 0.2) is 0 Å². The molecule has 11 nitrogen and oxygen atoms in total. The van der Waals surface area contributed by atoms with Gasteiger partial charge in [-0.15, -0.1) is 17.9 Å². The Morgan fingerprint density at radius 1 is 1.08 bits per heavy atom. The van der Waals surface area contributed by atoms with Crippen molar-refractivity contribution in [3.8, 4) is 0 Å². The maximum atomic E-state index is 14.4. The molecule has 1 saturated heterocycles. The Hall–Kier alpha value is -3.54. The van der Waals surface area contributed by atoms with Crippen LogP contribution in [0.4, 0.5) is 0 Å². The molecule has 1 unspecified atom stereocenters. The average molecular weight is 686 g/mol. The number of thiophene rings is 1. The molecule has 5 atom stereocenters.